The van der Waals surface area contributed by atoms with Gasteiger partial charge in [-0.25, -0.2) is 9.97 Å². The standard InChI is InChI=1S/C20H31N7O2S/c1-15-11-20(25-24-15)23-19-13-18(21-16(2)22-19)12-17-7-6-10-27(14-17)30(28,29)26-8-4-3-5-9-26/h11,13,17H,3-10,12,14H2,1-2H3,(H2,21,22,23,24,25)/t17-/m0/s1. The molecule has 0 saturated carbocycles. The van der Waals surface area contributed by atoms with Crippen molar-refractivity contribution in [2.45, 2.75) is 52.4 Å². The van der Waals surface area contributed by atoms with Gasteiger partial charge in [0.2, 0.25) is 0 Å². The molecule has 2 aliphatic rings. The number of hydrogen-bond acceptors (Lipinski definition) is 6. The highest BCUT2D eigenvalue weighted by molar-refractivity contribution is 7.86. The van der Waals surface area contributed by atoms with E-state index >= 15 is 0 Å². The first-order valence-corrected chi connectivity index (χ1v) is 12.2. The maximum absolute atomic E-state index is 13.1. The van der Waals surface area contributed by atoms with Crippen LogP contribution in [0.25, 0.3) is 0 Å². The SMILES string of the molecule is Cc1nc(C[C@@H]2CCCN(S(=O)(=O)N3CCCCC3)C2)cc(Nc2cc(C)[nH]n2)n1. The Hall–Kier alpha value is -2.04. The first-order valence-electron chi connectivity index (χ1n) is 10.8. The van der Waals surface area contributed by atoms with E-state index in [1.165, 1.54) is 0 Å². The summed E-state index contributed by atoms with van der Waals surface area (Å²) in [7, 11) is -3.36. The van der Waals surface area contributed by atoms with Crippen molar-refractivity contribution >= 4 is 21.8 Å². The number of rotatable bonds is 6. The summed E-state index contributed by atoms with van der Waals surface area (Å²) in [5, 5.41) is 10.3. The summed E-state index contributed by atoms with van der Waals surface area (Å²) in [6.45, 7) is 6.29. The molecule has 4 heterocycles. The van der Waals surface area contributed by atoms with E-state index in [4.69, 9.17) is 0 Å². The molecule has 2 N–H and O–H groups in total. The molecule has 0 spiro atoms. The van der Waals surface area contributed by atoms with Crippen LogP contribution in [0.1, 0.15) is 49.3 Å². The Morgan fingerprint density at radius 2 is 1.80 bits per heavy atom. The first kappa shape index (κ1) is 21.2. The minimum atomic E-state index is -3.36. The van der Waals surface area contributed by atoms with Crippen molar-refractivity contribution in [1.82, 2.24) is 28.8 Å². The van der Waals surface area contributed by atoms with Crippen molar-refractivity contribution in [3.05, 3.63) is 29.3 Å². The van der Waals surface area contributed by atoms with E-state index in [9.17, 15) is 8.42 Å². The maximum atomic E-state index is 13.1. The van der Waals surface area contributed by atoms with E-state index in [1.54, 1.807) is 8.61 Å². The van der Waals surface area contributed by atoms with E-state index < -0.39 is 10.2 Å². The van der Waals surface area contributed by atoms with Gasteiger partial charge in [-0.1, -0.05) is 6.42 Å². The van der Waals surface area contributed by atoms with Crippen LogP contribution in [0.3, 0.4) is 0 Å². The lowest BCUT2D eigenvalue weighted by Crippen LogP contribution is -2.49. The molecule has 4 rings (SSSR count). The maximum Gasteiger partial charge on any atom is 0.281 e. The van der Waals surface area contributed by atoms with Gasteiger partial charge in [-0.15, -0.1) is 0 Å². The second-order valence-electron chi connectivity index (χ2n) is 8.39. The molecule has 30 heavy (non-hydrogen) atoms. The number of aryl methyl sites for hydroxylation is 2. The molecule has 2 aromatic heterocycles. The van der Waals surface area contributed by atoms with Crippen molar-refractivity contribution in [3.8, 4) is 0 Å². The number of piperidine rings is 2. The molecule has 10 heteroatoms. The molecule has 1 atom stereocenters. The third-order valence-corrected chi connectivity index (χ3v) is 7.80. The van der Waals surface area contributed by atoms with Crippen LogP contribution in [0.5, 0.6) is 0 Å². The van der Waals surface area contributed by atoms with Gasteiger partial charge in [0.1, 0.15) is 11.6 Å². The predicted molar refractivity (Wildman–Crippen MR) is 116 cm³/mol. The molecule has 2 aliphatic heterocycles. The molecular formula is C20H31N7O2S. The second-order valence-corrected chi connectivity index (χ2v) is 10.3. The lowest BCUT2D eigenvalue weighted by molar-refractivity contribution is 0.236. The van der Waals surface area contributed by atoms with E-state index in [2.05, 4.69) is 25.5 Å². The van der Waals surface area contributed by atoms with Gasteiger partial charge >= 0.3 is 0 Å². The molecule has 0 radical (unpaired) electrons. The Labute approximate surface area is 178 Å². The van der Waals surface area contributed by atoms with Crippen molar-refractivity contribution in [2.24, 2.45) is 5.92 Å². The smallest absolute Gasteiger partial charge is 0.281 e. The zero-order valence-electron chi connectivity index (χ0n) is 17.8. The van der Waals surface area contributed by atoms with Crippen molar-refractivity contribution in [2.75, 3.05) is 31.5 Å². The third kappa shape index (κ3) is 4.98. The van der Waals surface area contributed by atoms with Crippen molar-refractivity contribution in [3.63, 3.8) is 0 Å². The normalized spacial score (nSPS) is 21.6. The van der Waals surface area contributed by atoms with Crippen LogP contribution in [0, 0.1) is 19.8 Å². The Balaban J connectivity index is 1.43. The summed E-state index contributed by atoms with van der Waals surface area (Å²) >= 11 is 0. The summed E-state index contributed by atoms with van der Waals surface area (Å²) < 4.78 is 29.5. The summed E-state index contributed by atoms with van der Waals surface area (Å²) in [4.78, 5) is 9.05. The van der Waals surface area contributed by atoms with Crippen LogP contribution in [-0.2, 0) is 16.6 Å². The van der Waals surface area contributed by atoms with Crippen LogP contribution in [0.2, 0.25) is 0 Å². The lowest BCUT2D eigenvalue weighted by Gasteiger charge is -2.36. The van der Waals surface area contributed by atoms with Crippen LogP contribution in [-0.4, -0.2) is 63.4 Å². The molecule has 9 nitrogen and oxygen atoms in total. The van der Waals surface area contributed by atoms with Gasteiger partial charge in [0.15, 0.2) is 5.82 Å². The molecule has 0 aromatic carbocycles. The number of nitrogens with one attached hydrogen (secondary N) is 2. The van der Waals surface area contributed by atoms with Crippen LogP contribution >= 0.6 is 0 Å². The lowest BCUT2D eigenvalue weighted by atomic mass is 9.94. The Kier molecular flexibility index (Phi) is 6.35. The average Bonchev–Trinajstić information content (AvgIpc) is 3.13. The number of hydrogen-bond donors (Lipinski definition) is 2. The van der Waals surface area contributed by atoms with Gasteiger partial charge in [0.05, 0.1) is 0 Å². The third-order valence-electron chi connectivity index (χ3n) is 5.80. The van der Waals surface area contributed by atoms with Gasteiger partial charge in [0.25, 0.3) is 10.2 Å². The fourth-order valence-corrected chi connectivity index (χ4v) is 6.17. The van der Waals surface area contributed by atoms with Gasteiger partial charge in [-0.05, 0) is 51.9 Å². The summed E-state index contributed by atoms with van der Waals surface area (Å²) in [5.41, 5.74) is 1.90. The molecule has 0 amide bonds. The largest absolute Gasteiger partial charge is 0.323 e. The molecule has 0 unspecified atom stereocenters. The molecule has 0 bridgehead atoms. The van der Waals surface area contributed by atoms with Gasteiger partial charge in [-0.3, -0.25) is 5.10 Å². The summed E-state index contributed by atoms with van der Waals surface area (Å²) in [6, 6.07) is 3.86. The predicted octanol–water partition coefficient (Wildman–Crippen LogP) is 2.55. The summed E-state index contributed by atoms with van der Waals surface area (Å²) in [6.07, 6.45) is 5.68. The van der Waals surface area contributed by atoms with Gasteiger partial charge < -0.3 is 5.32 Å². The minimum absolute atomic E-state index is 0.257. The van der Waals surface area contributed by atoms with Gasteiger partial charge in [-0.2, -0.15) is 22.1 Å². The fourth-order valence-electron chi connectivity index (χ4n) is 4.37. The zero-order chi connectivity index (χ0) is 21.1. The van der Waals surface area contributed by atoms with Gasteiger partial charge in [0, 0.05) is 49.7 Å². The Morgan fingerprint density at radius 3 is 2.53 bits per heavy atom. The zero-order valence-corrected chi connectivity index (χ0v) is 18.6. The fraction of sp³-hybridized carbons (Fsp3) is 0.650. The quantitative estimate of drug-likeness (QED) is 0.725. The van der Waals surface area contributed by atoms with E-state index in [0.29, 0.717) is 43.6 Å². The molecule has 2 aromatic rings. The number of aromatic amines is 1. The van der Waals surface area contributed by atoms with Crippen molar-refractivity contribution < 1.29 is 8.42 Å². The molecule has 0 aliphatic carbocycles. The number of H-pyrrole nitrogens is 1. The van der Waals surface area contributed by atoms with E-state index in [-0.39, 0.29) is 5.92 Å². The molecule has 164 valence electrons. The first-order chi connectivity index (χ1) is 14.4. The average molecular weight is 434 g/mol. The number of aromatic nitrogens is 4. The highest BCUT2D eigenvalue weighted by Crippen LogP contribution is 2.26. The number of anilines is 2. The van der Waals surface area contributed by atoms with E-state index in [1.807, 2.05) is 26.0 Å². The Morgan fingerprint density at radius 1 is 1.03 bits per heavy atom. The second kappa shape index (κ2) is 8.99. The van der Waals surface area contributed by atoms with Crippen LogP contribution in [0.15, 0.2) is 12.1 Å². The van der Waals surface area contributed by atoms with Crippen molar-refractivity contribution in [1.29, 1.82) is 0 Å². The highest BCUT2D eigenvalue weighted by Gasteiger charge is 2.34. The number of nitrogens with zero attached hydrogens (tertiary/aromatic N) is 5. The van der Waals surface area contributed by atoms with E-state index in [0.717, 1.165) is 49.9 Å². The molecule has 2 saturated heterocycles. The Bertz CT molecular complexity index is 969. The highest BCUT2D eigenvalue weighted by atomic mass is 32.2. The van der Waals surface area contributed by atoms with Crippen LogP contribution in [0.4, 0.5) is 11.6 Å². The monoisotopic (exact) mass is 433 g/mol. The minimum Gasteiger partial charge on any atom is -0.323 e. The molecule has 2 fully saturated rings. The molecular weight excluding hydrogens is 402 g/mol. The van der Waals surface area contributed by atoms with Crippen LogP contribution < -0.4 is 5.32 Å². The summed E-state index contributed by atoms with van der Waals surface area (Å²) in [5.74, 6) is 2.37. The topological polar surface area (TPSA) is 107 Å².